The van der Waals surface area contributed by atoms with Crippen molar-refractivity contribution >= 4 is 29.2 Å². The number of methoxy groups -OCH3 is 1. The predicted octanol–water partition coefficient (Wildman–Crippen LogP) is 1.79. The summed E-state index contributed by atoms with van der Waals surface area (Å²) in [5.41, 5.74) is 2.26. The molecule has 0 spiro atoms. The Morgan fingerprint density at radius 2 is 1.68 bits per heavy atom. The van der Waals surface area contributed by atoms with Crippen LogP contribution in [0.2, 0.25) is 0 Å². The maximum atomic E-state index is 12.6. The standard InChI is InChI=1S/C20H22N4O4/c1-14(25)23-7-9-24(10-8-23)18-11-16(12-21-13-18)19(26)22-17-5-3-15(4-6-17)20(27)28-2/h3-6,11-13H,7-10H2,1-2H3,(H,22,26). The monoisotopic (exact) mass is 382 g/mol. The van der Waals surface area contributed by atoms with Crippen molar-refractivity contribution in [1.82, 2.24) is 9.88 Å². The Labute approximate surface area is 163 Å². The van der Waals surface area contributed by atoms with Gasteiger partial charge < -0.3 is 19.9 Å². The van der Waals surface area contributed by atoms with Gasteiger partial charge in [0.2, 0.25) is 5.91 Å². The van der Waals surface area contributed by atoms with Gasteiger partial charge in [0.25, 0.3) is 5.91 Å². The van der Waals surface area contributed by atoms with Gasteiger partial charge in [0.05, 0.1) is 30.1 Å². The summed E-state index contributed by atoms with van der Waals surface area (Å²) in [7, 11) is 1.32. The molecular weight excluding hydrogens is 360 g/mol. The van der Waals surface area contributed by atoms with Crippen LogP contribution in [0.4, 0.5) is 11.4 Å². The molecule has 3 rings (SSSR count). The van der Waals surface area contributed by atoms with Gasteiger partial charge in [-0.25, -0.2) is 4.79 Å². The second-order valence-corrected chi connectivity index (χ2v) is 6.45. The lowest BCUT2D eigenvalue weighted by Gasteiger charge is -2.35. The second kappa shape index (κ2) is 8.51. The van der Waals surface area contributed by atoms with Crippen LogP contribution in [0, 0.1) is 0 Å². The molecule has 2 amide bonds. The van der Waals surface area contributed by atoms with Crippen molar-refractivity contribution in [2.75, 3.05) is 43.5 Å². The average molecular weight is 382 g/mol. The molecule has 1 aromatic heterocycles. The topological polar surface area (TPSA) is 91.8 Å². The van der Waals surface area contributed by atoms with E-state index in [2.05, 4.69) is 19.9 Å². The zero-order valence-corrected chi connectivity index (χ0v) is 15.8. The molecule has 0 radical (unpaired) electrons. The molecule has 8 heteroatoms. The summed E-state index contributed by atoms with van der Waals surface area (Å²) >= 11 is 0. The molecule has 0 unspecified atom stereocenters. The molecule has 1 N–H and O–H groups in total. The number of aromatic nitrogens is 1. The Morgan fingerprint density at radius 3 is 2.29 bits per heavy atom. The number of benzene rings is 1. The number of esters is 1. The van der Waals surface area contributed by atoms with Gasteiger partial charge in [-0.1, -0.05) is 0 Å². The number of hydrogen-bond acceptors (Lipinski definition) is 6. The number of nitrogens with zero attached hydrogens (tertiary/aromatic N) is 3. The van der Waals surface area contributed by atoms with Gasteiger partial charge in [0, 0.05) is 45.0 Å². The third-order valence-electron chi connectivity index (χ3n) is 4.64. The summed E-state index contributed by atoms with van der Waals surface area (Å²) in [5, 5.41) is 2.79. The summed E-state index contributed by atoms with van der Waals surface area (Å²) < 4.78 is 4.66. The Hall–Kier alpha value is -3.42. The van der Waals surface area contributed by atoms with Gasteiger partial charge in [0.1, 0.15) is 0 Å². The van der Waals surface area contributed by atoms with Crippen molar-refractivity contribution < 1.29 is 19.1 Å². The number of ether oxygens (including phenoxy) is 1. The SMILES string of the molecule is COC(=O)c1ccc(NC(=O)c2cncc(N3CCN(C(C)=O)CC3)c2)cc1. The fourth-order valence-electron chi connectivity index (χ4n) is 3.02. The largest absolute Gasteiger partial charge is 0.465 e. The van der Waals surface area contributed by atoms with E-state index in [1.54, 1.807) is 48.4 Å². The van der Waals surface area contributed by atoms with E-state index in [0.717, 1.165) is 5.69 Å². The Kier molecular flexibility index (Phi) is 5.88. The van der Waals surface area contributed by atoms with Crippen LogP contribution in [0.5, 0.6) is 0 Å². The van der Waals surface area contributed by atoms with Crippen molar-refractivity contribution in [3.05, 3.63) is 53.9 Å². The highest BCUT2D eigenvalue weighted by Crippen LogP contribution is 2.18. The average Bonchev–Trinajstić information content (AvgIpc) is 2.74. The highest BCUT2D eigenvalue weighted by molar-refractivity contribution is 6.04. The molecule has 2 aromatic rings. The smallest absolute Gasteiger partial charge is 0.337 e. The van der Waals surface area contributed by atoms with Crippen molar-refractivity contribution in [3.8, 4) is 0 Å². The lowest BCUT2D eigenvalue weighted by Crippen LogP contribution is -2.48. The maximum Gasteiger partial charge on any atom is 0.337 e. The molecule has 146 valence electrons. The number of hydrogen-bond donors (Lipinski definition) is 1. The van der Waals surface area contributed by atoms with Gasteiger partial charge in [-0.3, -0.25) is 14.6 Å². The minimum atomic E-state index is -0.431. The molecule has 0 aliphatic carbocycles. The van der Waals surface area contributed by atoms with Crippen LogP contribution < -0.4 is 10.2 Å². The molecule has 2 heterocycles. The van der Waals surface area contributed by atoms with E-state index in [9.17, 15) is 14.4 Å². The van der Waals surface area contributed by atoms with Crippen LogP contribution in [-0.2, 0) is 9.53 Å². The van der Waals surface area contributed by atoms with E-state index < -0.39 is 5.97 Å². The summed E-state index contributed by atoms with van der Waals surface area (Å²) in [6.07, 6.45) is 3.22. The third-order valence-corrected chi connectivity index (χ3v) is 4.64. The van der Waals surface area contributed by atoms with E-state index >= 15 is 0 Å². The number of carbonyl (C=O) groups excluding carboxylic acids is 3. The van der Waals surface area contributed by atoms with E-state index in [1.165, 1.54) is 13.3 Å². The van der Waals surface area contributed by atoms with Gasteiger partial charge in [0.15, 0.2) is 0 Å². The Balaban J connectivity index is 1.66. The molecule has 8 nitrogen and oxygen atoms in total. The fourth-order valence-corrected chi connectivity index (χ4v) is 3.02. The highest BCUT2D eigenvalue weighted by atomic mass is 16.5. The summed E-state index contributed by atoms with van der Waals surface area (Å²) in [4.78, 5) is 43.6. The first-order valence-electron chi connectivity index (χ1n) is 8.93. The van der Waals surface area contributed by atoms with Crippen molar-refractivity contribution in [2.45, 2.75) is 6.92 Å². The van der Waals surface area contributed by atoms with E-state index in [1.807, 2.05) is 0 Å². The van der Waals surface area contributed by atoms with Crippen LogP contribution in [0.3, 0.4) is 0 Å². The predicted molar refractivity (Wildman–Crippen MR) is 104 cm³/mol. The normalized spacial score (nSPS) is 13.8. The number of amides is 2. The number of rotatable bonds is 4. The zero-order valence-electron chi connectivity index (χ0n) is 15.8. The maximum absolute atomic E-state index is 12.6. The van der Waals surface area contributed by atoms with Crippen LogP contribution in [0.25, 0.3) is 0 Å². The molecule has 1 aliphatic rings. The van der Waals surface area contributed by atoms with Crippen molar-refractivity contribution in [3.63, 3.8) is 0 Å². The molecule has 0 bridgehead atoms. The van der Waals surface area contributed by atoms with Gasteiger partial charge in [-0.15, -0.1) is 0 Å². The van der Waals surface area contributed by atoms with Gasteiger partial charge in [-0.2, -0.15) is 0 Å². The molecule has 1 aliphatic heterocycles. The van der Waals surface area contributed by atoms with E-state index in [-0.39, 0.29) is 11.8 Å². The second-order valence-electron chi connectivity index (χ2n) is 6.45. The Morgan fingerprint density at radius 1 is 1.00 bits per heavy atom. The lowest BCUT2D eigenvalue weighted by atomic mass is 10.2. The van der Waals surface area contributed by atoms with E-state index in [4.69, 9.17) is 0 Å². The van der Waals surface area contributed by atoms with Crippen molar-refractivity contribution in [1.29, 1.82) is 0 Å². The first kappa shape index (κ1) is 19.3. The molecule has 1 fully saturated rings. The number of nitrogens with one attached hydrogen (secondary N) is 1. The quantitative estimate of drug-likeness (QED) is 0.811. The van der Waals surface area contributed by atoms with Gasteiger partial charge >= 0.3 is 5.97 Å². The van der Waals surface area contributed by atoms with Crippen molar-refractivity contribution in [2.24, 2.45) is 0 Å². The summed E-state index contributed by atoms with van der Waals surface area (Å²) in [6, 6.07) is 8.24. The number of carbonyl (C=O) groups is 3. The number of anilines is 2. The first-order valence-corrected chi connectivity index (χ1v) is 8.93. The van der Waals surface area contributed by atoms with Crippen LogP contribution in [0.15, 0.2) is 42.7 Å². The summed E-state index contributed by atoms with van der Waals surface area (Å²) in [5.74, 6) is -0.647. The fraction of sp³-hybridized carbons (Fsp3) is 0.300. The van der Waals surface area contributed by atoms with Gasteiger partial charge in [-0.05, 0) is 30.3 Å². The minimum Gasteiger partial charge on any atom is -0.465 e. The van der Waals surface area contributed by atoms with Crippen LogP contribution in [-0.4, -0.2) is 61.0 Å². The van der Waals surface area contributed by atoms with Crippen LogP contribution in [0.1, 0.15) is 27.6 Å². The Bertz CT molecular complexity index is 874. The third kappa shape index (κ3) is 4.46. The van der Waals surface area contributed by atoms with E-state index in [0.29, 0.717) is 43.0 Å². The van der Waals surface area contributed by atoms with Crippen LogP contribution >= 0.6 is 0 Å². The summed E-state index contributed by atoms with van der Waals surface area (Å²) in [6.45, 7) is 4.26. The minimum absolute atomic E-state index is 0.0733. The zero-order chi connectivity index (χ0) is 20.1. The number of piperazine rings is 1. The molecule has 1 aromatic carbocycles. The molecule has 1 saturated heterocycles. The molecular formula is C20H22N4O4. The molecule has 0 saturated carbocycles. The first-order chi connectivity index (χ1) is 13.5. The number of pyridine rings is 1. The molecule has 0 atom stereocenters. The molecule has 28 heavy (non-hydrogen) atoms. The lowest BCUT2D eigenvalue weighted by molar-refractivity contribution is -0.129. The highest BCUT2D eigenvalue weighted by Gasteiger charge is 2.20.